The van der Waals surface area contributed by atoms with Crippen molar-refractivity contribution in [3.8, 4) is 5.75 Å². The Morgan fingerprint density at radius 3 is 2.76 bits per heavy atom. The van der Waals surface area contributed by atoms with Crippen LogP contribution in [0, 0.1) is 5.82 Å². The maximum atomic E-state index is 14.2. The van der Waals surface area contributed by atoms with Gasteiger partial charge < -0.3 is 14.8 Å². The molecule has 1 aliphatic rings. The SMILES string of the molecule is CCn1ccc(C(=O)NC2(c3ccc(OC)c(F)c3)CCOCC2)n1. The van der Waals surface area contributed by atoms with Crippen molar-refractivity contribution in [1.82, 2.24) is 15.1 Å². The Kier molecular flexibility index (Phi) is 5.03. The van der Waals surface area contributed by atoms with Crippen LogP contribution in [0.3, 0.4) is 0 Å². The van der Waals surface area contributed by atoms with Gasteiger partial charge in [0.05, 0.1) is 12.6 Å². The fraction of sp³-hybridized carbons (Fsp3) is 0.444. The number of halogens is 1. The van der Waals surface area contributed by atoms with E-state index in [-0.39, 0.29) is 11.7 Å². The summed E-state index contributed by atoms with van der Waals surface area (Å²) in [6.07, 6.45) is 2.90. The Bertz CT molecular complexity index is 754. The molecule has 1 fully saturated rings. The van der Waals surface area contributed by atoms with E-state index in [1.807, 2.05) is 6.92 Å². The van der Waals surface area contributed by atoms with E-state index in [4.69, 9.17) is 9.47 Å². The third-order valence-corrected chi connectivity index (χ3v) is 4.60. The van der Waals surface area contributed by atoms with Crippen molar-refractivity contribution in [2.75, 3.05) is 20.3 Å². The second kappa shape index (κ2) is 7.23. The smallest absolute Gasteiger partial charge is 0.272 e. The van der Waals surface area contributed by atoms with E-state index in [1.165, 1.54) is 13.2 Å². The lowest BCUT2D eigenvalue weighted by atomic mass is 9.82. The molecule has 6 nitrogen and oxygen atoms in total. The molecule has 0 spiro atoms. The van der Waals surface area contributed by atoms with E-state index in [0.29, 0.717) is 43.9 Å². The molecule has 1 saturated heterocycles. The lowest BCUT2D eigenvalue weighted by Crippen LogP contribution is -2.49. The summed E-state index contributed by atoms with van der Waals surface area (Å²) < 4.78 is 26.3. The molecule has 1 amide bonds. The molecule has 3 rings (SSSR count). The second-order valence-corrected chi connectivity index (χ2v) is 6.05. The average molecular weight is 347 g/mol. The molecule has 0 atom stereocenters. The number of rotatable bonds is 5. The van der Waals surface area contributed by atoms with Gasteiger partial charge in [-0.15, -0.1) is 0 Å². The van der Waals surface area contributed by atoms with Crippen LogP contribution in [-0.4, -0.2) is 36.0 Å². The summed E-state index contributed by atoms with van der Waals surface area (Å²) in [6.45, 7) is 3.64. The minimum absolute atomic E-state index is 0.180. The van der Waals surface area contributed by atoms with Crippen LogP contribution >= 0.6 is 0 Å². The number of ether oxygens (including phenoxy) is 2. The van der Waals surface area contributed by atoms with Crippen molar-refractivity contribution in [2.24, 2.45) is 0 Å². The van der Waals surface area contributed by atoms with Crippen molar-refractivity contribution < 1.29 is 18.7 Å². The third-order valence-electron chi connectivity index (χ3n) is 4.60. The highest BCUT2D eigenvalue weighted by molar-refractivity contribution is 5.92. The van der Waals surface area contributed by atoms with Gasteiger partial charge in [-0.3, -0.25) is 9.48 Å². The molecule has 0 aliphatic carbocycles. The molecule has 7 heteroatoms. The first-order valence-electron chi connectivity index (χ1n) is 8.36. The van der Waals surface area contributed by atoms with Gasteiger partial charge in [0.25, 0.3) is 5.91 Å². The standard InChI is InChI=1S/C18H22FN3O3/c1-3-22-9-6-15(21-22)17(23)20-18(7-10-25-11-8-18)13-4-5-16(24-2)14(19)12-13/h4-6,9,12H,3,7-8,10-11H2,1-2H3,(H,20,23). The zero-order valence-electron chi connectivity index (χ0n) is 14.4. The summed E-state index contributed by atoms with van der Waals surface area (Å²) in [5.74, 6) is -0.542. The molecule has 0 radical (unpaired) electrons. The first-order chi connectivity index (χ1) is 12.1. The Labute approximate surface area is 145 Å². The van der Waals surface area contributed by atoms with Crippen LogP contribution in [0.2, 0.25) is 0 Å². The average Bonchev–Trinajstić information content (AvgIpc) is 3.12. The quantitative estimate of drug-likeness (QED) is 0.902. The van der Waals surface area contributed by atoms with Crippen molar-refractivity contribution >= 4 is 5.91 Å². The van der Waals surface area contributed by atoms with Crippen LogP contribution < -0.4 is 10.1 Å². The van der Waals surface area contributed by atoms with Gasteiger partial charge in [0.2, 0.25) is 0 Å². The summed E-state index contributed by atoms with van der Waals surface area (Å²) in [7, 11) is 1.42. The summed E-state index contributed by atoms with van der Waals surface area (Å²) in [4.78, 5) is 12.7. The number of nitrogens with one attached hydrogen (secondary N) is 1. The largest absolute Gasteiger partial charge is 0.494 e. The Morgan fingerprint density at radius 2 is 2.16 bits per heavy atom. The van der Waals surface area contributed by atoms with Crippen LogP contribution in [-0.2, 0) is 16.8 Å². The molecule has 1 N–H and O–H groups in total. The number of methoxy groups -OCH3 is 1. The van der Waals surface area contributed by atoms with Crippen LogP contribution in [0.5, 0.6) is 5.75 Å². The molecular formula is C18H22FN3O3. The van der Waals surface area contributed by atoms with E-state index >= 15 is 0 Å². The van der Waals surface area contributed by atoms with Gasteiger partial charge in [-0.25, -0.2) is 4.39 Å². The third kappa shape index (κ3) is 3.51. The highest BCUT2D eigenvalue weighted by Gasteiger charge is 2.37. The van der Waals surface area contributed by atoms with E-state index in [9.17, 15) is 9.18 Å². The highest BCUT2D eigenvalue weighted by Crippen LogP contribution is 2.34. The fourth-order valence-electron chi connectivity index (χ4n) is 3.11. The van der Waals surface area contributed by atoms with E-state index in [0.717, 1.165) is 0 Å². The lowest BCUT2D eigenvalue weighted by Gasteiger charge is -2.38. The zero-order chi connectivity index (χ0) is 17.9. The van der Waals surface area contributed by atoms with E-state index < -0.39 is 11.4 Å². The van der Waals surface area contributed by atoms with E-state index in [1.54, 1.807) is 29.1 Å². The molecule has 25 heavy (non-hydrogen) atoms. The monoisotopic (exact) mass is 347 g/mol. The Hall–Kier alpha value is -2.41. The zero-order valence-corrected chi connectivity index (χ0v) is 14.4. The number of nitrogens with zero attached hydrogens (tertiary/aromatic N) is 2. The summed E-state index contributed by atoms with van der Waals surface area (Å²) >= 11 is 0. The molecule has 1 aliphatic heterocycles. The maximum Gasteiger partial charge on any atom is 0.272 e. The lowest BCUT2D eigenvalue weighted by molar-refractivity contribution is 0.0342. The summed E-state index contributed by atoms with van der Waals surface area (Å²) in [6, 6.07) is 6.48. The molecule has 1 aromatic carbocycles. The minimum atomic E-state index is -0.682. The summed E-state index contributed by atoms with van der Waals surface area (Å²) in [5, 5.41) is 7.31. The molecule has 0 bridgehead atoms. The first kappa shape index (κ1) is 17.4. The van der Waals surface area contributed by atoms with Crippen molar-refractivity contribution in [3.63, 3.8) is 0 Å². The van der Waals surface area contributed by atoms with Crippen LogP contribution in [0.25, 0.3) is 0 Å². The molecule has 2 heterocycles. The molecule has 0 unspecified atom stereocenters. The van der Waals surface area contributed by atoms with Gasteiger partial charge in [0, 0.05) is 26.0 Å². The predicted molar refractivity (Wildman–Crippen MR) is 90.1 cm³/mol. The van der Waals surface area contributed by atoms with Gasteiger partial charge in [0.1, 0.15) is 5.69 Å². The number of carbonyl (C=O) groups is 1. The normalized spacial score (nSPS) is 16.4. The van der Waals surface area contributed by atoms with Crippen LogP contribution in [0.4, 0.5) is 4.39 Å². The van der Waals surface area contributed by atoms with Gasteiger partial charge in [0.15, 0.2) is 11.6 Å². The van der Waals surface area contributed by atoms with Gasteiger partial charge >= 0.3 is 0 Å². The molecule has 1 aromatic heterocycles. The molecular weight excluding hydrogens is 325 g/mol. The maximum absolute atomic E-state index is 14.2. The number of aryl methyl sites for hydroxylation is 1. The number of hydrogen-bond acceptors (Lipinski definition) is 4. The van der Waals surface area contributed by atoms with Gasteiger partial charge in [-0.05, 0) is 43.5 Å². The molecule has 0 saturated carbocycles. The summed E-state index contributed by atoms with van der Waals surface area (Å²) in [5.41, 5.74) is 0.373. The van der Waals surface area contributed by atoms with E-state index in [2.05, 4.69) is 10.4 Å². The van der Waals surface area contributed by atoms with Crippen molar-refractivity contribution in [2.45, 2.75) is 31.8 Å². The predicted octanol–water partition coefficient (Wildman–Crippen LogP) is 2.49. The first-order valence-corrected chi connectivity index (χ1v) is 8.36. The van der Waals surface area contributed by atoms with Crippen LogP contribution in [0.15, 0.2) is 30.5 Å². The number of carbonyl (C=O) groups excluding carboxylic acids is 1. The number of aromatic nitrogens is 2. The Balaban J connectivity index is 1.90. The highest BCUT2D eigenvalue weighted by atomic mass is 19.1. The minimum Gasteiger partial charge on any atom is -0.494 e. The second-order valence-electron chi connectivity index (χ2n) is 6.05. The van der Waals surface area contributed by atoms with Gasteiger partial charge in [-0.2, -0.15) is 5.10 Å². The topological polar surface area (TPSA) is 65.4 Å². The van der Waals surface area contributed by atoms with Crippen LogP contribution in [0.1, 0.15) is 35.8 Å². The molecule has 2 aromatic rings. The Morgan fingerprint density at radius 1 is 1.40 bits per heavy atom. The fourth-order valence-corrected chi connectivity index (χ4v) is 3.11. The number of benzene rings is 1. The van der Waals surface area contributed by atoms with Gasteiger partial charge in [-0.1, -0.05) is 6.07 Å². The van der Waals surface area contributed by atoms with Crippen molar-refractivity contribution in [1.29, 1.82) is 0 Å². The number of amides is 1. The van der Waals surface area contributed by atoms with Crippen molar-refractivity contribution in [3.05, 3.63) is 47.5 Å². The number of hydrogen-bond donors (Lipinski definition) is 1. The molecule has 134 valence electrons.